The molecule has 5 rings (SSSR count). The number of nitrogens with one attached hydrogen (secondary N) is 2. The summed E-state index contributed by atoms with van der Waals surface area (Å²) in [6.45, 7) is 0.199. The minimum absolute atomic E-state index is 0.0490. The minimum Gasteiger partial charge on any atom is -0.377 e. The van der Waals surface area contributed by atoms with Crippen LogP contribution >= 0.6 is 0 Å². The standard InChI is InChI=1S/C27H24F4N4O4/c1-2-16-5-8-22(21(28)9-16)34-13-23(36)35(12-17-3-6-18(7-4-17)27(29,30)31)26(24(34)37)10-19(11-26)32-25(38)33-20-14-39-15-20/h1,3-9,19-20H,10-15H2,(H2,32,33,38). The second-order valence-corrected chi connectivity index (χ2v) is 9.87. The lowest BCUT2D eigenvalue weighted by Crippen LogP contribution is -2.76. The van der Waals surface area contributed by atoms with Gasteiger partial charge in [0.2, 0.25) is 5.91 Å². The third kappa shape index (κ3) is 5.02. The molecule has 3 fully saturated rings. The fourth-order valence-corrected chi connectivity index (χ4v) is 5.11. The highest BCUT2D eigenvalue weighted by Crippen LogP contribution is 2.44. The van der Waals surface area contributed by atoms with Crippen molar-refractivity contribution < 1.29 is 36.7 Å². The van der Waals surface area contributed by atoms with Crippen LogP contribution in [0.5, 0.6) is 0 Å². The van der Waals surface area contributed by atoms with Gasteiger partial charge in [0, 0.05) is 31.0 Å². The normalized spacial score (nSPS) is 23.2. The van der Waals surface area contributed by atoms with E-state index in [1.54, 1.807) is 0 Å². The molecule has 204 valence electrons. The van der Waals surface area contributed by atoms with E-state index in [2.05, 4.69) is 16.6 Å². The minimum atomic E-state index is -4.52. The van der Waals surface area contributed by atoms with Crippen LogP contribution in [0.3, 0.4) is 0 Å². The van der Waals surface area contributed by atoms with E-state index in [0.29, 0.717) is 18.8 Å². The molecule has 2 aromatic rings. The van der Waals surface area contributed by atoms with Crippen LogP contribution in [0.4, 0.5) is 28.0 Å². The number of benzene rings is 2. The molecule has 1 aliphatic carbocycles. The summed E-state index contributed by atoms with van der Waals surface area (Å²) < 4.78 is 59.0. The maximum absolute atomic E-state index is 14.9. The summed E-state index contributed by atoms with van der Waals surface area (Å²) in [4.78, 5) is 42.0. The quantitative estimate of drug-likeness (QED) is 0.448. The summed E-state index contributed by atoms with van der Waals surface area (Å²) in [5.41, 5.74) is -1.72. The molecule has 2 aromatic carbocycles. The van der Waals surface area contributed by atoms with E-state index in [4.69, 9.17) is 11.2 Å². The number of halogens is 4. The molecule has 0 bridgehead atoms. The fraction of sp³-hybridized carbons (Fsp3) is 0.370. The molecule has 0 aromatic heterocycles. The summed E-state index contributed by atoms with van der Waals surface area (Å²) in [5, 5.41) is 5.52. The number of anilines is 1. The summed E-state index contributed by atoms with van der Waals surface area (Å²) in [7, 11) is 0. The van der Waals surface area contributed by atoms with Crippen molar-refractivity contribution in [3.8, 4) is 12.3 Å². The Morgan fingerprint density at radius 1 is 1.08 bits per heavy atom. The predicted molar refractivity (Wildman–Crippen MR) is 131 cm³/mol. The van der Waals surface area contributed by atoms with Gasteiger partial charge in [-0.1, -0.05) is 18.1 Å². The van der Waals surface area contributed by atoms with Gasteiger partial charge in [-0.05, 0) is 35.9 Å². The number of amides is 4. The Labute approximate surface area is 221 Å². The fourth-order valence-electron chi connectivity index (χ4n) is 5.11. The van der Waals surface area contributed by atoms with E-state index in [1.807, 2.05) is 0 Å². The first-order valence-corrected chi connectivity index (χ1v) is 12.2. The number of carbonyl (C=O) groups excluding carboxylic acids is 3. The van der Waals surface area contributed by atoms with Crippen molar-refractivity contribution in [3.05, 3.63) is 65.0 Å². The summed E-state index contributed by atoms with van der Waals surface area (Å²) in [6, 6.07) is 7.17. The number of alkyl halides is 3. The van der Waals surface area contributed by atoms with Crippen molar-refractivity contribution in [1.29, 1.82) is 0 Å². The Balaban J connectivity index is 1.40. The van der Waals surface area contributed by atoms with Crippen LogP contribution in [0, 0.1) is 18.2 Å². The van der Waals surface area contributed by atoms with Gasteiger partial charge in [-0.2, -0.15) is 13.2 Å². The molecule has 8 nitrogen and oxygen atoms in total. The maximum Gasteiger partial charge on any atom is 0.416 e. The average Bonchev–Trinajstić information content (AvgIpc) is 2.84. The number of nitrogens with zero attached hydrogens (tertiary/aromatic N) is 2. The molecule has 2 aliphatic heterocycles. The van der Waals surface area contributed by atoms with Crippen LogP contribution in [-0.4, -0.2) is 60.1 Å². The van der Waals surface area contributed by atoms with Crippen molar-refractivity contribution in [2.45, 2.75) is 43.2 Å². The van der Waals surface area contributed by atoms with E-state index in [-0.39, 0.29) is 36.7 Å². The molecule has 0 unspecified atom stereocenters. The van der Waals surface area contributed by atoms with Gasteiger partial charge in [0.25, 0.3) is 5.91 Å². The van der Waals surface area contributed by atoms with Gasteiger partial charge in [-0.25, -0.2) is 9.18 Å². The molecule has 1 spiro atoms. The largest absolute Gasteiger partial charge is 0.416 e. The van der Waals surface area contributed by atoms with Crippen LogP contribution in [0.1, 0.15) is 29.5 Å². The molecule has 1 saturated carbocycles. The Bertz CT molecular complexity index is 1350. The van der Waals surface area contributed by atoms with E-state index < -0.39 is 53.5 Å². The number of rotatable bonds is 5. The third-order valence-corrected chi connectivity index (χ3v) is 7.26. The highest BCUT2D eigenvalue weighted by molar-refractivity contribution is 6.10. The maximum atomic E-state index is 14.9. The van der Waals surface area contributed by atoms with Crippen LogP contribution in [-0.2, 0) is 27.0 Å². The molecule has 12 heteroatoms. The number of hydrogen-bond donors (Lipinski definition) is 2. The average molecular weight is 545 g/mol. The van der Waals surface area contributed by atoms with Crippen LogP contribution in [0.2, 0.25) is 0 Å². The second-order valence-electron chi connectivity index (χ2n) is 9.87. The molecule has 2 heterocycles. The lowest BCUT2D eigenvalue weighted by atomic mass is 9.68. The molecule has 0 radical (unpaired) electrons. The highest BCUT2D eigenvalue weighted by atomic mass is 19.4. The van der Waals surface area contributed by atoms with Gasteiger partial charge in [-0.3, -0.25) is 14.5 Å². The van der Waals surface area contributed by atoms with E-state index in [1.165, 1.54) is 29.2 Å². The van der Waals surface area contributed by atoms with Gasteiger partial charge < -0.3 is 20.3 Å². The molecule has 4 amide bonds. The number of hydrogen-bond acceptors (Lipinski definition) is 4. The molecular formula is C27H24F4N4O4. The second kappa shape index (κ2) is 9.89. The predicted octanol–water partition coefficient (Wildman–Crippen LogP) is 2.80. The Morgan fingerprint density at radius 3 is 2.31 bits per heavy atom. The number of terminal acetylenes is 1. The lowest BCUT2D eigenvalue weighted by Gasteiger charge is -2.57. The number of piperazine rings is 1. The number of urea groups is 1. The zero-order chi connectivity index (χ0) is 27.9. The first kappa shape index (κ1) is 26.5. The Kier molecular flexibility index (Phi) is 6.72. The lowest BCUT2D eigenvalue weighted by molar-refractivity contribution is -0.159. The van der Waals surface area contributed by atoms with Crippen molar-refractivity contribution in [1.82, 2.24) is 15.5 Å². The number of carbonyl (C=O) groups is 3. The first-order valence-electron chi connectivity index (χ1n) is 12.2. The van der Waals surface area contributed by atoms with Gasteiger partial charge >= 0.3 is 12.2 Å². The zero-order valence-corrected chi connectivity index (χ0v) is 20.6. The molecular weight excluding hydrogens is 520 g/mol. The summed E-state index contributed by atoms with van der Waals surface area (Å²) in [5.74, 6) is 0.479. The van der Waals surface area contributed by atoms with Gasteiger partial charge in [0.1, 0.15) is 17.9 Å². The van der Waals surface area contributed by atoms with Crippen molar-refractivity contribution in [2.24, 2.45) is 0 Å². The van der Waals surface area contributed by atoms with Crippen molar-refractivity contribution in [2.75, 3.05) is 24.7 Å². The van der Waals surface area contributed by atoms with E-state index in [9.17, 15) is 31.9 Å². The Hall–Kier alpha value is -4.11. The SMILES string of the molecule is C#Cc1ccc(N2CC(=O)N(Cc3ccc(C(F)(F)F)cc3)C3(CC(NC(=O)NC4COC4)C3)C2=O)c(F)c1. The van der Waals surface area contributed by atoms with E-state index in [0.717, 1.165) is 23.1 Å². The summed E-state index contributed by atoms with van der Waals surface area (Å²) in [6.07, 6.45) is 0.905. The van der Waals surface area contributed by atoms with Crippen molar-refractivity contribution in [3.63, 3.8) is 0 Å². The highest BCUT2D eigenvalue weighted by Gasteiger charge is 2.60. The molecule has 2 saturated heterocycles. The van der Waals surface area contributed by atoms with Gasteiger partial charge in [-0.15, -0.1) is 6.42 Å². The van der Waals surface area contributed by atoms with E-state index >= 15 is 0 Å². The van der Waals surface area contributed by atoms with Crippen LogP contribution in [0.15, 0.2) is 42.5 Å². The van der Waals surface area contributed by atoms with Crippen LogP contribution < -0.4 is 15.5 Å². The molecule has 39 heavy (non-hydrogen) atoms. The third-order valence-electron chi connectivity index (χ3n) is 7.26. The zero-order valence-electron chi connectivity index (χ0n) is 20.6. The monoisotopic (exact) mass is 544 g/mol. The number of ether oxygens (including phenoxy) is 1. The summed E-state index contributed by atoms with van der Waals surface area (Å²) >= 11 is 0. The molecule has 0 atom stereocenters. The van der Waals surface area contributed by atoms with Gasteiger partial charge in [0.15, 0.2) is 0 Å². The Morgan fingerprint density at radius 2 is 1.74 bits per heavy atom. The van der Waals surface area contributed by atoms with Crippen molar-refractivity contribution >= 4 is 23.5 Å². The molecule has 3 aliphatic rings. The van der Waals surface area contributed by atoms with Gasteiger partial charge in [0.05, 0.1) is 30.5 Å². The first-order chi connectivity index (χ1) is 18.5. The topological polar surface area (TPSA) is 91.0 Å². The van der Waals surface area contributed by atoms with Crippen LogP contribution in [0.25, 0.3) is 0 Å². The smallest absolute Gasteiger partial charge is 0.377 e. The molecule has 2 N–H and O–H groups in total.